The van der Waals surface area contributed by atoms with Crippen LogP contribution in [0, 0.1) is 5.92 Å². The van der Waals surface area contributed by atoms with Crippen molar-refractivity contribution in [3.63, 3.8) is 0 Å². The largest absolute Gasteiger partial charge is 0.484 e. The molecule has 1 aliphatic heterocycles. The third-order valence-corrected chi connectivity index (χ3v) is 4.68. The molecular formula is C21H24N2O5. The molecule has 1 fully saturated rings. The number of piperidine rings is 1. The van der Waals surface area contributed by atoms with Crippen LogP contribution >= 0.6 is 0 Å². The van der Waals surface area contributed by atoms with Crippen molar-refractivity contribution in [3.05, 3.63) is 48.7 Å². The molecule has 2 aromatic rings. The summed E-state index contributed by atoms with van der Waals surface area (Å²) in [5.41, 5.74) is 0. The summed E-state index contributed by atoms with van der Waals surface area (Å²) in [6.45, 7) is 1.26. The van der Waals surface area contributed by atoms with Gasteiger partial charge in [0, 0.05) is 31.8 Å². The number of benzene rings is 1. The van der Waals surface area contributed by atoms with E-state index < -0.39 is 5.97 Å². The number of pyridine rings is 1. The molecule has 3 rings (SSSR count). The van der Waals surface area contributed by atoms with Crippen LogP contribution in [0.4, 0.5) is 0 Å². The molecule has 0 bridgehead atoms. The molecule has 0 saturated carbocycles. The predicted molar refractivity (Wildman–Crippen MR) is 102 cm³/mol. The number of carbonyl (C=O) groups excluding carboxylic acids is 1. The number of nitrogens with zero attached hydrogens (tertiary/aromatic N) is 2. The zero-order chi connectivity index (χ0) is 19.8. The maximum atomic E-state index is 12.4. The smallest absolute Gasteiger partial charge is 0.303 e. The van der Waals surface area contributed by atoms with Crippen LogP contribution in [0.1, 0.15) is 25.7 Å². The molecule has 1 amide bonds. The van der Waals surface area contributed by atoms with Gasteiger partial charge < -0.3 is 19.5 Å². The number of hydrogen-bond donors (Lipinski definition) is 1. The summed E-state index contributed by atoms with van der Waals surface area (Å²) in [6.07, 6.45) is 4.28. The first-order chi connectivity index (χ1) is 13.6. The van der Waals surface area contributed by atoms with Crippen LogP contribution in [-0.4, -0.2) is 46.6 Å². The molecule has 1 aromatic heterocycles. The Kier molecular flexibility index (Phi) is 6.84. The van der Waals surface area contributed by atoms with E-state index in [4.69, 9.17) is 14.6 Å². The van der Waals surface area contributed by atoms with Gasteiger partial charge in [-0.3, -0.25) is 9.59 Å². The standard InChI is InChI=1S/C21H24N2O5/c24-20(23-13-3-4-16(14-23)6-11-21(25)26)15-27-17-7-9-18(10-8-17)28-19-5-1-2-12-22-19/h1-2,5,7-10,12,16H,3-4,6,11,13-15H2,(H,25,26). The van der Waals surface area contributed by atoms with Gasteiger partial charge in [0.1, 0.15) is 11.5 Å². The summed E-state index contributed by atoms with van der Waals surface area (Å²) in [4.78, 5) is 29.0. The van der Waals surface area contributed by atoms with Crippen molar-refractivity contribution in [3.8, 4) is 17.4 Å². The Morgan fingerprint density at radius 3 is 2.64 bits per heavy atom. The summed E-state index contributed by atoms with van der Waals surface area (Å²) < 4.78 is 11.2. The van der Waals surface area contributed by atoms with Crippen molar-refractivity contribution < 1.29 is 24.2 Å². The van der Waals surface area contributed by atoms with E-state index in [0.29, 0.717) is 36.9 Å². The highest BCUT2D eigenvalue weighted by molar-refractivity contribution is 5.77. The van der Waals surface area contributed by atoms with E-state index in [1.807, 2.05) is 12.1 Å². The molecule has 1 aliphatic rings. The van der Waals surface area contributed by atoms with Gasteiger partial charge in [0.15, 0.2) is 6.61 Å². The zero-order valence-corrected chi connectivity index (χ0v) is 15.6. The van der Waals surface area contributed by atoms with Crippen molar-refractivity contribution in [1.82, 2.24) is 9.88 Å². The zero-order valence-electron chi connectivity index (χ0n) is 15.6. The van der Waals surface area contributed by atoms with Crippen molar-refractivity contribution in [1.29, 1.82) is 0 Å². The van der Waals surface area contributed by atoms with Crippen molar-refractivity contribution in [2.24, 2.45) is 5.92 Å². The van der Waals surface area contributed by atoms with Crippen molar-refractivity contribution in [2.45, 2.75) is 25.7 Å². The van der Waals surface area contributed by atoms with Crippen LogP contribution < -0.4 is 9.47 Å². The Morgan fingerprint density at radius 1 is 1.14 bits per heavy atom. The van der Waals surface area contributed by atoms with E-state index in [9.17, 15) is 9.59 Å². The Labute approximate surface area is 163 Å². The summed E-state index contributed by atoms with van der Waals surface area (Å²) in [6, 6.07) is 12.4. The quantitative estimate of drug-likeness (QED) is 0.751. The number of carbonyl (C=O) groups is 2. The van der Waals surface area contributed by atoms with Gasteiger partial charge in [-0.15, -0.1) is 0 Å². The van der Waals surface area contributed by atoms with Crippen molar-refractivity contribution in [2.75, 3.05) is 19.7 Å². The molecule has 0 aliphatic carbocycles. The molecule has 1 unspecified atom stereocenters. The van der Waals surface area contributed by atoms with E-state index in [2.05, 4.69) is 4.98 Å². The molecular weight excluding hydrogens is 360 g/mol. The number of carboxylic acid groups (broad SMARTS) is 1. The van der Waals surface area contributed by atoms with E-state index in [1.165, 1.54) is 0 Å². The molecule has 1 aromatic carbocycles. The molecule has 7 heteroatoms. The second-order valence-electron chi connectivity index (χ2n) is 6.81. The minimum atomic E-state index is -0.790. The maximum Gasteiger partial charge on any atom is 0.303 e. The Bertz CT molecular complexity index is 779. The van der Waals surface area contributed by atoms with E-state index in [0.717, 1.165) is 12.8 Å². The number of hydrogen-bond acceptors (Lipinski definition) is 5. The van der Waals surface area contributed by atoms with Gasteiger partial charge in [-0.25, -0.2) is 4.98 Å². The molecule has 2 heterocycles. The molecule has 7 nitrogen and oxygen atoms in total. The fourth-order valence-electron chi connectivity index (χ4n) is 3.22. The van der Waals surface area contributed by atoms with Gasteiger partial charge in [0.25, 0.3) is 5.91 Å². The third-order valence-electron chi connectivity index (χ3n) is 4.68. The van der Waals surface area contributed by atoms with E-state index >= 15 is 0 Å². The average Bonchev–Trinajstić information content (AvgIpc) is 2.72. The maximum absolute atomic E-state index is 12.4. The minimum absolute atomic E-state index is 0.0356. The van der Waals surface area contributed by atoms with Gasteiger partial charge in [0.2, 0.25) is 5.88 Å². The highest BCUT2D eigenvalue weighted by Crippen LogP contribution is 2.23. The van der Waals surface area contributed by atoms with Crippen molar-refractivity contribution >= 4 is 11.9 Å². The first-order valence-electron chi connectivity index (χ1n) is 9.41. The van der Waals surface area contributed by atoms with E-state index in [-0.39, 0.29) is 24.9 Å². The number of rotatable bonds is 8. The van der Waals surface area contributed by atoms with Crippen LogP contribution in [-0.2, 0) is 9.59 Å². The van der Waals surface area contributed by atoms with Gasteiger partial charge in [-0.05, 0) is 55.5 Å². The van der Waals surface area contributed by atoms with Gasteiger partial charge in [0.05, 0.1) is 0 Å². The Morgan fingerprint density at radius 2 is 1.93 bits per heavy atom. The molecule has 148 valence electrons. The lowest BCUT2D eigenvalue weighted by Gasteiger charge is -2.32. The van der Waals surface area contributed by atoms with Gasteiger partial charge >= 0.3 is 5.97 Å². The first-order valence-corrected chi connectivity index (χ1v) is 9.41. The van der Waals surface area contributed by atoms with Gasteiger partial charge in [-0.2, -0.15) is 0 Å². The monoisotopic (exact) mass is 384 g/mol. The lowest BCUT2D eigenvalue weighted by atomic mass is 9.93. The number of likely N-dealkylation sites (tertiary alicyclic amines) is 1. The SMILES string of the molecule is O=C(O)CCC1CCCN(C(=O)COc2ccc(Oc3ccccn3)cc2)C1. The second kappa shape index (κ2) is 9.73. The van der Waals surface area contributed by atoms with E-state index in [1.54, 1.807) is 41.4 Å². The highest BCUT2D eigenvalue weighted by atomic mass is 16.5. The number of aromatic nitrogens is 1. The fourth-order valence-corrected chi connectivity index (χ4v) is 3.22. The normalized spacial score (nSPS) is 16.4. The third kappa shape index (κ3) is 5.97. The number of aliphatic carboxylic acids is 1. The fraction of sp³-hybridized carbons (Fsp3) is 0.381. The molecule has 0 spiro atoms. The number of carboxylic acids is 1. The second-order valence-corrected chi connectivity index (χ2v) is 6.81. The van der Waals surface area contributed by atoms with Crippen LogP contribution in [0.5, 0.6) is 17.4 Å². The lowest BCUT2D eigenvalue weighted by Crippen LogP contribution is -2.42. The number of amides is 1. The summed E-state index contributed by atoms with van der Waals surface area (Å²) in [5.74, 6) is 1.11. The number of ether oxygens (including phenoxy) is 2. The lowest BCUT2D eigenvalue weighted by molar-refractivity contribution is -0.137. The topological polar surface area (TPSA) is 89.0 Å². The molecule has 28 heavy (non-hydrogen) atoms. The highest BCUT2D eigenvalue weighted by Gasteiger charge is 2.24. The van der Waals surface area contributed by atoms with Crippen LogP contribution in [0.2, 0.25) is 0 Å². The summed E-state index contributed by atoms with van der Waals surface area (Å²) in [5, 5.41) is 8.82. The van der Waals surface area contributed by atoms with Crippen LogP contribution in [0.25, 0.3) is 0 Å². The Hall–Kier alpha value is -3.09. The summed E-state index contributed by atoms with van der Waals surface area (Å²) >= 11 is 0. The summed E-state index contributed by atoms with van der Waals surface area (Å²) in [7, 11) is 0. The molecule has 1 atom stereocenters. The Balaban J connectivity index is 1.45. The average molecular weight is 384 g/mol. The first kappa shape index (κ1) is 19.7. The van der Waals surface area contributed by atoms with Crippen LogP contribution in [0.15, 0.2) is 48.7 Å². The molecule has 1 saturated heterocycles. The molecule has 1 N–H and O–H groups in total. The van der Waals surface area contributed by atoms with Crippen LogP contribution in [0.3, 0.4) is 0 Å². The van der Waals surface area contributed by atoms with Gasteiger partial charge in [-0.1, -0.05) is 6.07 Å². The minimum Gasteiger partial charge on any atom is -0.484 e. The molecule has 0 radical (unpaired) electrons. The predicted octanol–water partition coefficient (Wildman–Crippen LogP) is 3.36.